The van der Waals surface area contributed by atoms with Gasteiger partial charge in [-0.3, -0.25) is 0 Å². The van der Waals surface area contributed by atoms with Crippen LogP contribution in [0.2, 0.25) is 0 Å². The second-order valence-electron chi connectivity index (χ2n) is 7.35. The van der Waals surface area contributed by atoms with Crippen LogP contribution in [0.4, 0.5) is 17.1 Å². The number of anilines is 3. The molecule has 0 spiro atoms. The van der Waals surface area contributed by atoms with Crippen LogP contribution < -0.4 is 10.2 Å². The van der Waals surface area contributed by atoms with Crippen molar-refractivity contribution < 1.29 is 4.74 Å². The summed E-state index contributed by atoms with van der Waals surface area (Å²) in [5.74, 6) is 0. The van der Waals surface area contributed by atoms with Crippen LogP contribution in [0.3, 0.4) is 0 Å². The molecule has 0 radical (unpaired) electrons. The Morgan fingerprint density at radius 3 is 2.58 bits per heavy atom. The summed E-state index contributed by atoms with van der Waals surface area (Å²) in [6, 6.07) is 12.9. The average molecular weight is 350 g/mol. The zero-order chi connectivity index (χ0) is 18.3. The van der Waals surface area contributed by atoms with Crippen LogP contribution in [-0.2, 0) is 11.8 Å². The number of fused-ring (bicyclic) bond motifs is 1. The Morgan fingerprint density at radius 1 is 1.08 bits per heavy atom. The van der Waals surface area contributed by atoms with Crippen LogP contribution in [-0.4, -0.2) is 34.8 Å². The third-order valence-electron chi connectivity index (χ3n) is 5.00. The van der Waals surface area contributed by atoms with Crippen molar-refractivity contribution in [2.45, 2.75) is 33.0 Å². The van der Waals surface area contributed by atoms with E-state index in [9.17, 15) is 0 Å². The molecule has 2 heterocycles. The molecule has 26 heavy (non-hydrogen) atoms. The fraction of sp³-hybridized carbons (Fsp3) is 0.381. The molecule has 1 aliphatic rings. The molecule has 136 valence electrons. The first-order chi connectivity index (χ1) is 12.5. The van der Waals surface area contributed by atoms with E-state index in [1.807, 2.05) is 17.9 Å². The molecule has 0 saturated carbocycles. The van der Waals surface area contributed by atoms with E-state index < -0.39 is 0 Å². The highest BCUT2D eigenvalue weighted by atomic mass is 16.5. The molecular weight excluding hydrogens is 324 g/mol. The van der Waals surface area contributed by atoms with E-state index in [0.717, 1.165) is 35.5 Å². The van der Waals surface area contributed by atoms with Gasteiger partial charge in [-0.25, -0.2) is 4.98 Å². The third kappa shape index (κ3) is 3.27. The molecule has 0 amide bonds. The predicted octanol–water partition coefficient (Wildman–Crippen LogP) is 4.24. The van der Waals surface area contributed by atoms with E-state index in [2.05, 4.69) is 72.4 Å². The van der Waals surface area contributed by atoms with Gasteiger partial charge in [-0.15, -0.1) is 0 Å². The summed E-state index contributed by atoms with van der Waals surface area (Å²) in [5.41, 5.74) is 6.81. The molecule has 1 aliphatic heterocycles. The number of imidazole rings is 1. The first kappa shape index (κ1) is 16.9. The number of nitrogens with zero attached hydrogens (tertiary/aromatic N) is 3. The number of hydrogen-bond donors (Lipinski definition) is 1. The maximum absolute atomic E-state index is 5.85. The lowest BCUT2D eigenvalue weighted by atomic mass is 10.1. The van der Waals surface area contributed by atoms with Gasteiger partial charge >= 0.3 is 0 Å². The number of benzene rings is 2. The molecule has 1 fully saturated rings. The van der Waals surface area contributed by atoms with Crippen molar-refractivity contribution in [1.82, 2.24) is 9.55 Å². The molecule has 3 aromatic rings. The molecule has 1 saturated heterocycles. The highest BCUT2D eigenvalue weighted by Crippen LogP contribution is 2.28. The van der Waals surface area contributed by atoms with Gasteiger partial charge in [-0.05, 0) is 62.7 Å². The van der Waals surface area contributed by atoms with E-state index in [1.54, 1.807) is 0 Å². The van der Waals surface area contributed by atoms with Crippen LogP contribution in [0.15, 0.2) is 42.7 Å². The van der Waals surface area contributed by atoms with Gasteiger partial charge in [0.25, 0.3) is 0 Å². The molecule has 5 nitrogen and oxygen atoms in total. The van der Waals surface area contributed by atoms with Crippen LogP contribution in [0.25, 0.3) is 11.0 Å². The number of ether oxygens (including phenoxy) is 1. The van der Waals surface area contributed by atoms with E-state index in [4.69, 9.17) is 4.74 Å². The van der Waals surface area contributed by atoms with E-state index in [1.165, 1.54) is 11.3 Å². The zero-order valence-electron chi connectivity index (χ0n) is 15.9. The van der Waals surface area contributed by atoms with E-state index in [-0.39, 0.29) is 12.2 Å². The molecule has 0 aliphatic carbocycles. The molecule has 2 unspecified atom stereocenters. The highest BCUT2D eigenvalue weighted by Gasteiger charge is 2.22. The maximum Gasteiger partial charge on any atom is 0.0955 e. The second-order valence-corrected chi connectivity index (χ2v) is 7.35. The third-order valence-corrected chi connectivity index (χ3v) is 5.00. The van der Waals surface area contributed by atoms with Crippen molar-refractivity contribution in [3.05, 3.63) is 48.3 Å². The Bertz CT molecular complexity index is 923. The molecule has 2 aromatic carbocycles. The largest absolute Gasteiger partial charge is 0.372 e. The summed E-state index contributed by atoms with van der Waals surface area (Å²) in [5, 5.41) is 3.53. The van der Waals surface area contributed by atoms with Gasteiger partial charge in [-0.2, -0.15) is 0 Å². The Kier molecular flexibility index (Phi) is 4.32. The topological polar surface area (TPSA) is 42.3 Å². The van der Waals surface area contributed by atoms with Gasteiger partial charge in [0.1, 0.15) is 0 Å². The number of rotatable bonds is 3. The highest BCUT2D eigenvalue weighted by molar-refractivity contribution is 5.81. The number of nitrogens with one attached hydrogen (secondary N) is 1. The van der Waals surface area contributed by atoms with Crippen LogP contribution in [0.5, 0.6) is 0 Å². The molecule has 1 N–H and O–H groups in total. The van der Waals surface area contributed by atoms with Crippen molar-refractivity contribution in [3.8, 4) is 0 Å². The van der Waals surface area contributed by atoms with Crippen molar-refractivity contribution in [2.75, 3.05) is 23.3 Å². The van der Waals surface area contributed by atoms with Crippen LogP contribution in [0.1, 0.15) is 19.4 Å². The number of hydrogen-bond acceptors (Lipinski definition) is 4. The van der Waals surface area contributed by atoms with Gasteiger partial charge in [0.05, 0.1) is 29.6 Å². The van der Waals surface area contributed by atoms with Crippen molar-refractivity contribution >= 4 is 28.1 Å². The number of aryl methyl sites for hydroxylation is 2. The van der Waals surface area contributed by atoms with Crippen LogP contribution in [0, 0.1) is 6.92 Å². The van der Waals surface area contributed by atoms with Crippen molar-refractivity contribution in [2.24, 2.45) is 7.05 Å². The molecule has 1 aromatic heterocycles. The average Bonchev–Trinajstić information content (AvgIpc) is 2.96. The fourth-order valence-corrected chi connectivity index (χ4v) is 3.74. The summed E-state index contributed by atoms with van der Waals surface area (Å²) in [6.45, 7) is 8.30. The van der Waals surface area contributed by atoms with Crippen molar-refractivity contribution in [3.63, 3.8) is 0 Å². The smallest absolute Gasteiger partial charge is 0.0955 e. The lowest BCUT2D eigenvalue weighted by molar-refractivity contribution is -0.00521. The minimum absolute atomic E-state index is 0.266. The van der Waals surface area contributed by atoms with Gasteiger partial charge in [0, 0.05) is 37.2 Å². The molecule has 5 heteroatoms. The van der Waals surface area contributed by atoms with Crippen LogP contribution >= 0.6 is 0 Å². The minimum atomic E-state index is 0.266. The molecular formula is C21H26N4O. The normalized spacial score (nSPS) is 20.5. The molecule has 2 atom stereocenters. The summed E-state index contributed by atoms with van der Waals surface area (Å²) >= 11 is 0. The molecule has 0 bridgehead atoms. The first-order valence-electron chi connectivity index (χ1n) is 9.19. The lowest BCUT2D eigenvalue weighted by Gasteiger charge is -2.37. The predicted molar refractivity (Wildman–Crippen MR) is 107 cm³/mol. The zero-order valence-corrected chi connectivity index (χ0v) is 15.9. The summed E-state index contributed by atoms with van der Waals surface area (Å²) in [7, 11) is 2.01. The van der Waals surface area contributed by atoms with E-state index in [0.29, 0.717) is 0 Å². The number of aromatic nitrogens is 2. The Hall–Kier alpha value is -2.53. The van der Waals surface area contributed by atoms with Gasteiger partial charge in [-0.1, -0.05) is 0 Å². The summed E-state index contributed by atoms with van der Waals surface area (Å²) in [6.07, 6.45) is 2.38. The first-order valence-corrected chi connectivity index (χ1v) is 9.19. The lowest BCUT2D eigenvalue weighted by Crippen LogP contribution is -2.45. The summed E-state index contributed by atoms with van der Waals surface area (Å²) < 4.78 is 7.88. The monoisotopic (exact) mass is 350 g/mol. The fourth-order valence-electron chi connectivity index (χ4n) is 3.74. The SMILES string of the molecule is Cc1cc(N2CC(C)OC(C)C2)ccc1Nc1ccc2c(c1)ncn2C. The quantitative estimate of drug-likeness (QED) is 0.767. The van der Waals surface area contributed by atoms with Gasteiger partial charge in [0.2, 0.25) is 0 Å². The second kappa shape index (κ2) is 6.65. The standard InChI is InChI=1S/C21H26N4O/c1-14-9-18(25-11-15(2)26-16(3)12-25)6-7-19(14)23-17-5-8-21-20(10-17)22-13-24(21)4/h5-10,13,15-16,23H,11-12H2,1-4H3. The summed E-state index contributed by atoms with van der Waals surface area (Å²) in [4.78, 5) is 6.85. The Morgan fingerprint density at radius 2 is 1.85 bits per heavy atom. The Labute approximate surface area is 154 Å². The van der Waals surface area contributed by atoms with E-state index >= 15 is 0 Å². The van der Waals surface area contributed by atoms with Gasteiger partial charge < -0.3 is 19.5 Å². The Balaban J connectivity index is 1.55. The molecule has 4 rings (SSSR count). The number of morpholine rings is 1. The maximum atomic E-state index is 5.85. The van der Waals surface area contributed by atoms with Gasteiger partial charge in [0.15, 0.2) is 0 Å². The van der Waals surface area contributed by atoms with Crippen molar-refractivity contribution in [1.29, 1.82) is 0 Å². The minimum Gasteiger partial charge on any atom is -0.372 e.